The third-order valence-electron chi connectivity index (χ3n) is 2.52. The molecular weight excluding hydrogens is 269 g/mol. The normalized spacial score (nSPS) is 10.7. The summed E-state index contributed by atoms with van der Waals surface area (Å²) in [5, 5.41) is 0. The Labute approximate surface area is 115 Å². The fourth-order valence-corrected chi connectivity index (χ4v) is 1.50. The minimum Gasteiger partial charge on any atom is -0.341 e. The lowest BCUT2D eigenvalue weighted by molar-refractivity contribution is -0.136. The van der Waals surface area contributed by atoms with Crippen LogP contribution >= 0.6 is 0 Å². The van der Waals surface area contributed by atoms with Crippen LogP contribution in [0.3, 0.4) is 0 Å². The maximum atomic E-state index is 12.1. The highest BCUT2D eigenvalue weighted by molar-refractivity contribution is 5.94. The summed E-state index contributed by atoms with van der Waals surface area (Å²) in [5.74, 6) is 4.95. The molecule has 0 heterocycles. The van der Waals surface area contributed by atoms with Gasteiger partial charge in [0.1, 0.15) is 0 Å². The van der Waals surface area contributed by atoms with Crippen molar-refractivity contribution in [1.29, 1.82) is 0 Å². The molecule has 0 aliphatic rings. The summed E-state index contributed by atoms with van der Waals surface area (Å²) >= 11 is 0. The van der Waals surface area contributed by atoms with Crippen molar-refractivity contribution in [3.05, 3.63) is 35.4 Å². The molecule has 0 saturated carbocycles. The smallest absolute Gasteiger partial charge is 0.341 e. The van der Waals surface area contributed by atoms with Crippen molar-refractivity contribution in [2.24, 2.45) is 5.73 Å². The highest BCUT2D eigenvalue weighted by Gasteiger charge is 2.28. The van der Waals surface area contributed by atoms with Crippen LogP contribution < -0.4 is 5.73 Å². The van der Waals surface area contributed by atoms with E-state index in [0.717, 1.165) is 4.90 Å². The molecule has 108 valence electrons. The number of alkyl halides is 3. The molecule has 6 heteroatoms. The van der Waals surface area contributed by atoms with Crippen LogP contribution in [0.2, 0.25) is 0 Å². The predicted molar refractivity (Wildman–Crippen MR) is 70.0 cm³/mol. The molecule has 1 aromatic rings. The van der Waals surface area contributed by atoms with Crippen LogP contribution in [0.4, 0.5) is 13.2 Å². The first-order chi connectivity index (χ1) is 9.33. The van der Waals surface area contributed by atoms with Crippen molar-refractivity contribution in [3.63, 3.8) is 0 Å². The minimum atomic E-state index is -4.27. The van der Waals surface area contributed by atoms with E-state index in [9.17, 15) is 18.0 Å². The Bertz CT molecular complexity index is 529. The van der Waals surface area contributed by atoms with Crippen molar-refractivity contribution in [3.8, 4) is 11.8 Å². The van der Waals surface area contributed by atoms with E-state index in [2.05, 4.69) is 11.8 Å². The van der Waals surface area contributed by atoms with Crippen molar-refractivity contribution in [2.45, 2.75) is 12.6 Å². The van der Waals surface area contributed by atoms with Gasteiger partial charge in [-0.1, -0.05) is 17.9 Å². The molecule has 2 N–H and O–H groups in total. The summed E-state index contributed by atoms with van der Waals surface area (Å²) in [4.78, 5) is 13.0. The van der Waals surface area contributed by atoms with E-state index in [1.54, 1.807) is 18.2 Å². The highest BCUT2D eigenvalue weighted by atomic mass is 19.4. The van der Waals surface area contributed by atoms with Crippen LogP contribution in [-0.4, -0.2) is 37.1 Å². The van der Waals surface area contributed by atoms with E-state index in [0.29, 0.717) is 11.1 Å². The largest absolute Gasteiger partial charge is 0.390 e. The van der Waals surface area contributed by atoms with E-state index in [1.165, 1.54) is 13.1 Å². The van der Waals surface area contributed by atoms with Gasteiger partial charge in [0.2, 0.25) is 0 Å². The molecule has 0 saturated heterocycles. The van der Waals surface area contributed by atoms with Gasteiger partial charge < -0.3 is 10.6 Å². The third kappa shape index (κ3) is 5.33. The molecule has 0 atom stereocenters. The number of halogens is 3. The summed E-state index contributed by atoms with van der Waals surface area (Å²) < 4.78 is 36.4. The Morgan fingerprint density at radius 2 is 2.10 bits per heavy atom. The van der Waals surface area contributed by atoms with Crippen molar-refractivity contribution < 1.29 is 18.0 Å². The highest BCUT2D eigenvalue weighted by Crippen LogP contribution is 2.20. The predicted octanol–water partition coefficient (Wildman–Crippen LogP) is 2.02. The Hall–Kier alpha value is -2.00. The molecule has 1 aromatic carbocycles. The monoisotopic (exact) mass is 284 g/mol. The topological polar surface area (TPSA) is 46.3 Å². The second kappa shape index (κ2) is 6.96. The fraction of sp³-hybridized carbons (Fsp3) is 0.357. The Kier molecular flexibility index (Phi) is 5.59. The second-order valence-electron chi connectivity index (χ2n) is 4.18. The number of benzene rings is 1. The Morgan fingerprint density at radius 3 is 2.70 bits per heavy atom. The summed E-state index contributed by atoms with van der Waals surface area (Å²) in [6.45, 7) is -0.176. The lowest BCUT2D eigenvalue weighted by atomic mass is 10.1. The average molecular weight is 284 g/mol. The quantitative estimate of drug-likeness (QED) is 0.863. The molecule has 0 aromatic heterocycles. The molecule has 0 unspecified atom stereocenters. The summed E-state index contributed by atoms with van der Waals surface area (Å²) in [7, 11) is 1.34. The molecule has 1 amide bonds. The number of nitrogens with zero attached hydrogens (tertiary/aromatic N) is 1. The number of hydrogen-bond acceptors (Lipinski definition) is 2. The molecule has 0 aliphatic heterocycles. The number of amides is 1. The summed E-state index contributed by atoms with van der Waals surface area (Å²) in [6, 6.07) is 6.41. The Balaban J connectivity index is 2.76. The minimum absolute atomic E-state index is 0.198. The van der Waals surface area contributed by atoms with Crippen LogP contribution in [0, 0.1) is 11.8 Å². The van der Waals surface area contributed by atoms with E-state index >= 15 is 0 Å². The van der Waals surface area contributed by atoms with E-state index < -0.39 is 18.5 Å². The standard InChI is InChI=1S/C14H15F3N2O/c1-19(9-7-14(15,16)17)13(20)12-6-2-4-11(10-12)5-3-8-18/h2,4,6,10H,7-9,18H2,1H3. The Morgan fingerprint density at radius 1 is 1.40 bits per heavy atom. The molecule has 0 spiro atoms. The van der Waals surface area contributed by atoms with Crippen LogP contribution in [0.25, 0.3) is 0 Å². The first-order valence-corrected chi connectivity index (χ1v) is 5.94. The zero-order valence-electron chi connectivity index (χ0n) is 11.0. The molecular formula is C14H15F3N2O. The molecule has 20 heavy (non-hydrogen) atoms. The number of carbonyl (C=O) groups is 1. The van der Waals surface area contributed by atoms with Gasteiger partial charge in [0.05, 0.1) is 13.0 Å². The van der Waals surface area contributed by atoms with Gasteiger partial charge in [0, 0.05) is 24.7 Å². The number of carbonyl (C=O) groups excluding carboxylic acids is 1. The van der Waals surface area contributed by atoms with Gasteiger partial charge >= 0.3 is 6.18 Å². The van der Waals surface area contributed by atoms with Crippen molar-refractivity contribution in [1.82, 2.24) is 4.90 Å². The van der Waals surface area contributed by atoms with Crippen LogP contribution in [0.5, 0.6) is 0 Å². The van der Waals surface area contributed by atoms with Crippen LogP contribution in [0.15, 0.2) is 24.3 Å². The van der Waals surface area contributed by atoms with Gasteiger partial charge in [-0.3, -0.25) is 4.79 Å². The lowest BCUT2D eigenvalue weighted by Gasteiger charge is -2.18. The van der Waals surface area contributed by atoms with Gasteiger partial charge in [-0.25, -0.2) is 0 Å². The second-order valence-corrected chi connectivity index (χ2v) is 4.18. The first kappa shape index (κ1) is 16.1. The van der Waals surface area contributed by atoms with E-state index in [4.69, 9.17) is 5.73 Å². The van der Waals surface area contributed by atoms with Crippen LogP contribution in [0.1, 0.15) is 22.3 Å². The molecule has 3 nitrogen and oxygen atoms in total. The lowest BCUT2D eigenvalue weighted by Crippen LogP contribution is -2.30. The van der Waals surface area contributed by atoms with E-state index in [-0.39, 0.29) is 13.1 Å². The van der Waals surface area contributed by atoms with Crippen molar-refractivity contribution in [2.75, 3.05) is 20.1 Å². The van der Waals surface area contributed by atoms with E-state index in [1.807, 2.05) is 0 Å². The van der Waals surface area contributed by atoms with Gasteiger partial charge in [0.15, 0.2) is 0 Å². The molecule has 1 rings (SSSR count). The van der Waals surface area contributed by atoms with Gasteiger partial charge in [-0.15, -0.1) is 0 Å². The number of nitrogens with two attached hydrogens (primary N) is 1. The van der Waals surface area contributed by atoms with Gasteiger partial charge in [0.25, 0.3) is 5.91 Å². The number of rotatable bonds is 3. The first-order valence-electron chi connectivity index (χ1n) is 5.94. The maximum Gasteiger partial charge on any atom is 0.390 e. The summed E-state index contributed by atoms with van der Waals surface area (Å²) in [5.41, 5.74) is 6.15. The summed E-state index contributed by atoms with van der Waals surface area (Å²) in [6.07, 6.45) is -5.30. The average Bonchev–Trinajstić information content (AvgIpc) is 2.41. The molecule has 0 radical (unpaired) electrons. The van der Waals surface area contributed by atoms with Crippen molar-refractivity contribution >= 4 is 5.91 Å². The van der Waals surface area contributed by atoms with Gasteiger partial charge in [-0.2, -0.15) is 13.2 Å². The zero-order valence-corrected chi connectivity index (χ0v) is 11.0. The maximum absolute atomic E-state index is 12.1. The molecule has 0 aliphatic carbocycles. The van der Waals surface area contributed by atoms with Crippen LogP contribution in [-0.2, 0) is 0 Å². The SMILES string of the molecule is CN(CCC(F)(F)F)C(=O)c1cccc(C#CCN)c1. The van der Waals surface area contributed by atoms with Gasteiger partial charge in [-0.05, 0) is 18.2 Å². The third-order valence-corrected chi connectivity index (χ3v) is 2.52. The molecule has 0 bridgehead atoms. The zero-order chi connectivity index (χ0) is 15.2. The molecule has 0 fully saturated rings. The number of hydrogen-bond donors (Lipinski definition) is 1. The fourth-order valence-electron chi connectivity index (χ4n) is 1.50.